The van der Waals surface area contributed by atoms with Gasteiger partial charge in [-0.3, -0.25) is 0 Å². The van der Waals surface area contributed by atoms with Crippen LogP contribution >= 0.6 is 0 Å². The number of H-pyrrole nitrogens is 1. The van der Waals surface area contributed by atoms with Gasteiger partial charge in [-0.1, -0.05) is 60.7 Å². The molecule has 3 aromatic carbocycles. The van der Waals surface area contributed by atoms with E-state index in [1.54, 1.807) is 0 Å². The molecule has 0 fully saturated rings. The Hall–Kier alpha value is -3.11. The Bertz CT molecular complexity index is 1160. The molecule has 1 aliphatic heterocycles. The van der Waals surface area contributed by atoms with Gasteiger partial charge in [0.05, 0.1) is 12.8 Å². The molecule has 3 N–H and O–H groups in total. The van der Waals surface area contributed by atoms with E-state index in [4.69, 9.17) is 4.74 Å². The first-order chi connectivity index (χ1) is 13.3. The molecule has 2 atom stereocenters. The molecular weight excluding hydrogens is 336 g/mol. The molecule has 2 heterocycles. The molecule has 134 valence electrons. The number of nitrogens with two attached hydrogens (primary N) is 1. The van der Waals surface area contributed by atoms with E-state index in [0.29, 0.717) is 6.42 Å². The van der Waals surface area contributed by atoms with Crippen molar-refractivity contribution in [2.24, 2.45) is 0 Å². The lowest BCUT2D eigenvalue weighted by molar-refractivity contribution is -0.712. The zero-order valence-corrected chi connectivity index (χ0v) is 15.1. The predicted molar refractivity (Wildman–Crippen MR) is 106 cm³/mol. The van der Waals surface area contributed by atoms with Crippen molar-refractivity contribution < 1.29 is 14.8 Å². The van der Waals surface area contributed by atoms with Crippen LogP contribution in [0.25, 0.3) is 21.7 Å². The Morgan fingerprint density at radius 1 is 1.00 bits per heavy atom. The van der Waals surface area contributed by atoms with Crippen molar-refractivity contribution in [1.82, 2.24) is 4.98 Å². The van der Waals surface area contributed by atoms with Gasteiger partial charge in [-0.25, -0.2) is 4.79 Å². The fraction of sp³-hybridized carbons (Fsp3) is 0.174. The van der Waals surface area contributed by atoms with E-state index in [9.17, 15) is 4.79 Å². The standard InChI is InChI=1S/C23H20N2O2/c1-27-23(26)20-13-18-16-10-4-5-12-19(16)24-22(18)21(25-20)17-11-6-8-14-7-2-3-9-15(14)17/h2-12,20-21,24-25H,13H2,1H3/p+1/t20-,21-/m0/s1. The molecule has 0 saturated carbocycles. The van der Waals surface area contributed by atoms with E-state index in [1.807, 2.05) is 6.07 Å². The summed E-state index contributed by atoms with van der Waals surface area (Å²) in [6.45, 7) is 0. The molecule has 27 heavy (non-hydrogen) atoms. The van der Waals surface area contributed by atoms with Gasteiger partial charge in [-0.15, -0.1) is 0 Å². The van der Waals surface area contributed by atoms with Gasteiger partial charge in [0.2, 0.25) is 0 Å². The van der Waals surface area contributed by atoms with Crippen molar-refractivity contribution >= 4 is 27.6 Å². The molecule has 0 aliphatic carbocycles. The van der Waals surface area contributed by atoms with Crippen LogP contribution in [0.3, 0.4) is 0 Å². The highest BCUT2D eigenvalue weighted by Crippen LogP contribution is 2.34. The maximum Gasteiger partial charge on any atom is 0.364 e. The minimum Gasteiger partial charge on any atom is -0.465 e. The molecule has 1 aliphatic rings. The highest BCUT2D eigenvalue weighted by Gasteiger charge is 2.38. The molecule has 4 nitrogen and oxygen atoms in total. The van der Waals surface area contributed by atoms with Crippen molar-refractivity contribution in [3.05, 3.63) is 83.6 Å². The van der Waals surface area contributed by atoms with Gasteiger partial charge in [0.25, 0.3) is 0 Å². The van der Waals surface area contributed by atoms with E-state index >= 15 is 0 Å². The average molecular weight is 357 g/mol. The molecule has 1 aromatic heterocycles. The summed E-state index contributed by atoms with van der Waals surface area (Å²) in [4.78, 5) is 16.0. The first-order valence-electron chi connectivity index (χ1n) is 9.26. The Morgan fingerprint density at radius 3 is 2.59 bits per heavy atom. The molecule has 5 rings (SSSR count). The van der Waals surface area contributed by atoms with Crippen LogP contribution in [0.1, 0.15) is 22.9 Å². The predicted octanol–water partition coefficient (Wildman–Crippen LogP) is 3.07. The molecule has 0 amide bonds. The number of hydrogen-bond donors (Lipinski definition) is 2. The smallest absolute Gasteiger partial charge is 0.364 e. The van der Waals surface area contributed by atoms with Crippen molar-refractivity contribution in [2.45, 2.75) is 18.5 Å². The number of carbonyl (C=O) groups excluding carboxylic acids is 1. The number of para-hydroxylation sites is 1. The van der Waals surface area contributed by atoms with Gasteiger partial charge < -0.3 is 15.0 Å². The number of aromatic amines is 1. The summed E-state index contributed by atoms with van der Waals surface area (Å²) in [6, 6.07) is 22.9. The van der Waals surface area contributed by atoms with Crippen molar-refractivity contribution in [3.8, 4) is 0 Å². The lowest BCUT2D eigenvalue weighted by Crippen LogP contribution is -2.94. The molecule has 0 radical (unpaired) electrons. The van der Waals surface area contributed by atoms with Gasteiger partial charge in [-0.05, 0) is 22.4 Å². The van der Waals surface area contributed by atoms with E-state index in [1.165, 1.54) is 40.1 Å². The van der Waals surface area contributed by atoms with Crippen LogP contribution in [0.4, 0.5) is 0 Å². The summed E-state index contributed by atoms with van der Waals surface area (Å²) in [7, 11) is 1.47. The van der Waals surface area contributed by atoms with Gasteiger partial charge >= 0.3 is 5.97 Å². The van der Waals surface area contributed by atoms with E-state index in [0.717, 1.165) is 5.52 Å². The van der Waals surface area contributed by atoms with Gasteiger partial charge in [0.15, 0.2) is 12.1 Å². The van der Waals surface area contributed by atoms with Crippen LogP contribution in [-0.4, -0.2) is 24.1 Å². The second-order valence-electron chi connectivity index (χ2n) is 7.14. The van der Waals surface area contributed by atoms with Crippen LogP contribution < -0.4 is 5.32 Å². The van der Waals surface area contributed by atoms with E-state index < -0.39 is 0 Å². The number of esters is 1. The lowest BCUT2D eigenvalue weighted by atomic mass is 9.88. The molecule has 4 aromatic rings. The monoisotopic (exact) mass is 357 g/mol. The Morgan fingerprint density at radius 2 is 1.74 bits per heavy atom. The Balaban J connectivity index is 1.75. The third-order valence-electron chi connectivity index (χ3n) is 5.67. The lowest BCUT2D eigenvalue weighted by Gasteiger charge is -2.27. The van der Waals surface area contributed by atoms with Crippen molar-refractivity contribution in [2.75, 3.05) is 7.11 Å². The Kier molecular flexibility index (Phi) is 3.73. The normalized spacial score (nSPS) is 19.1. The first kappa shape index (κ1) is 16.1. The van der Waals surface area contributed by atoms with Crippen LogP contribution in [0, 0.1) is 0 Å². The highest BCUT2D eigenvalue weighted by atomic mass is 16.5. The SMILES string of the molecule is COC(=O)[C@@H]1Cc2c([nH]c3ccccc23)[C@H](c2cccc3ccccc23)[NH2+]1. The minimum absolute atomic E-state index is 0.0244. The molecule has 0 bridgehead atoms. The van der Waals surface area contributed by atoms with Crippen LogP contribution in [-0.2, 0) is 16.0 Å². The summed E-state index contributed by atoms with van der Waals surface area (Å²) in [6.07, 6.45) is 0.674. The number of benzene rings is 3. The maximum absolute atomic E-state index is 12.4. The molecule has 0 unspecified atom stereocenters. The third kappa shape index (κ3) is 2.53. The van der Waals surface area contributed by atoms with E-state index in [2.05, 4.69) is 71.0 Å². The number of hydrogen-bond acceptors (Lipinski definition) is 2. The second kappa shape index (κ2) is 6.25. The summed E-state index contributed by atoms with van der Waals surface area (Å²) in [5, 5.41) is 5.77. The number of carbonyl (C=O) groups is 1. The molecule has 0 saturated heterocycles. The number of methoxy groups -OCH3 is 1. The van der Waals surface area contributed by atoms with Crippen LogP contribution in [0.15, 0.2) is 66.7 Å². The number of nitrogens with one attached hydrogen (secondary N) is 1. The van der Waals surface area contributed by atoms with Gasteiger partial charge in [-0.2, -0.15) is 0 Å². The Labute approximate surface area is 157 Å². The number of fused-ring (bicyclic) bond motifs is 4. The number of aromatic nitrogens is 1. The maximum atomic E-state index is 12.4. The summed E-state index contributed by atoms with van der Waals surface area (Å²) >= 11 is 0. The fourth-order valence-corrected chi connectivity index (χ4v) is 4.42. The van der Waals surface area contributed by atoms with Gasteiger partial charge in [0, 0.05) is 22.9 Å². The number of quaternary nitrogens is 1. The largest absolute Gasteiger partial charge is 0.465 e. The average Bonchev–Trinajstić information content (AvgIpc) is 3.11. The van der Waals surface area contributed by atoms with E-state index in [-0.39, 0.29) is 18.1 Å². The molecule has 0 spiro atoms. The van der Waals surface area contributed by atoms with Crippen molar-refractivity contribution in [3.63, 3.8) is 0 Å². The highest BCUT2D eigenvalue weighted by molar-refractivity contribution is 5.89. The zero-order chi connectivity index (χ0) is 18.4. The topological polar surface area (TPSA) is 58.7 Å². The molecular formula is C23H21N2O2+. The fourth-order valence-electron chi connectivity index (χ4n) is 4.42. The first-order valence-corrected chi connectivity index (χ1v) is 9.26. The minimum atomic E-state index is -0.245. The van der Waals surface area contributed by atoms with Gasteiger partial charge in [0.1, 0.15) is 0 Å². The quantitative estimate of drug-likeness (QED) is 0.542. The second-order valence-corrected chi connectivity index (χ2v) is 7.14. The summed E-state index contributed by atoms with van der Waals surface area (Å²) in [5.41, 5.74) is 4.75. The van der Waals surface area contributed by atoms with Crippen LogP contribution in [0.5, 0.6) is 0 Å². The number of rotatable bonds is 2. The number of ether oxygens (including phenoxy) is 1. The van der Waals surface area contributed by atoms with Crippen molar-refractivity contribution in [1.29, 1.82) is 0 Å². The molecule has 4 heteroatoms. The summed E-state index contributed by atoms with van der Waals surface area (Å²) < 4.78 is 5.08. The zero-order valence-electron chi connectivity index (χ0n) is 15.1. The van der Waals surface area contributed by atoms with Crippen LogP contribution in [0.2, 0.25) is 0 Å². The third-order valence-corrected chi connectivity index (χ3v) is 5.67. The summed E-state index contributed by atoms with van der Waals surface area (Å²) in [5.74, 6) is -0.170.